The predicted octanol–water partition coefficient (Wildman–Crippen LogP) is -0.194. The Morgan fingerprint density at radius 1 is 1.79 bits per heavy atom. The first-order chi connectivity index (χ1) is 6.74. The van der Waals surface area contributed by atoms with Crippen LogP contribution in [0.4, 0.5) is 0 Å². The average molecular weight is 196 g/mol. The quantitative estimate of drug-likeness (QED) is 0.610. The lowest BCUT2D eigenvalue weighted by molar-refractivity contribution is -0.122. The van der Waals surface area contributed by atoms with Crippen molar-refractivity contribution in [3.63, 3.8) is 0 Å². The molecule has 0 spiro atoms. The Morgan fingerprint density at radius 2 is 2.57 bits per heavy atom. The fourth-order valence-electron chi connectivity index (χ4n) is 1.11. The maximum atomic E-state index is 11.4. The van der Waals surface area contributed by atoms with Crippen molar-refractivity contribution in [3.8, 4) is 0 Å². The molecule has 1 heterocycles. The maximum Gasteiger partial charge on any atom is 0.237 e. The summed E-state index contributed by atoms with van der Waals surface area (Å²) in [5.41, 5.74) is 6.57. The minimum atomic E-state index is -0.498. The number of carbonyl (C=O) groups excluding carboxylic acids is 1. The number of nitrogens with one attached hydrogen (secondary N) is 2. The fraction of sp³-hybridized carbons (Fsp3) is 0.556. The summed E-state index contributed by atoms with van der Waals surface area (Å²) < 4.78 is 0. The second-order valence-corrected chi connectivity index (χ2v) is 3.18. The number of H-pyrrole nitrogens is 1. The smallest absolute Gasteiger partial charge is 0.237 e. The van der Waals surface area contributed by atoms with Gasteiger partial charge in [0.2, 0.25) is 5.91 Å². The lowest BCUT2D eigenvalue weighted by Crippen LogP contribution is -2.42. The molecule has 0 saturated carbocycles. The van der Waals surface area contributed by atoms with Crippen LogP contribution in [-0.2, 0) is 11.2 Å². The normalized spacial score (nSPS) is 12.4. The van der Waals surface area contributed by atoms with Crippen molar-refractivity contribution < 1.29 is 4.79 Å². The highest BCUT2D eigenvalue weighted by molar-refractivity contribution is 5.81. The Kier molecular flexibility index (Phi) is 4.12. The van der Waals surface area contributed by atoms with Gasteiger partial charge in [-0.2, -0.15) is 0 Å². The Hall–Kier alpha value is -1.36. The molecule has 5 nitrogen and oxygen atoms in total. The summed E-state index contributed by atoms with van der Waals surface area (Å²) in [6.45, 7) is 2.68. The van der Waals surface area contributed by atoms with Gasteiger partial charge in [-0.3, -0.25) is 4.79 Å². The monoisotopic (exact) mass is 196 g/mol. The summed E-state index contributed by atoms with van der Waals surface area (Å²) in [4.78, 5) is 18.1. The molecular weight excluding hydrogens is 180 g/mol. The van der Waals surface area contributed by atoms with Crippen molar-refractivity contribution in [2.45, 2.75) is 25.8 Å². The number of imidazole rings is 1. The van der Waals surface area contributed by atoms with Crippen LogP contribution in [0.1, 0.15) is 19.0 Å². The van der Waals surface area contributed by atoms with E-state index in [1.165, 1.54) is 0 Å². The van der Waals surface area contributed by atoms with E-state index in [2.05, 4.69) is 15.3 Å². The van der Waals surface area contributed by atoms with E-state index < -0.39 is 6.04 Å². The maximum absolute atomic E-state index is 11.4. The number of amides is 1. The molecule has 14 heavy (non-hydrogen) atoms. The van der Waals surface area contributed by atoms with Gasteiger partial charge in [-0.25, -0.2) is 4.98 Å². The molecule has 78 valence electrons. The van der Waals surface area contributed by atoms with Crippen LogP contribution in [-0.4, -0.2) is 28.5 Å². The Balaban J connectivity index is 2.34. The molecule has 0 bridgehead atoms. The van der Waals surface area contributed by atoms with Gasteiger partial charge in [-0.15, -0.1) is 0 Å². The molecule has 1 aromatic heterocycles. The van der Waals surface area contributed by atoms with Crippen molar-refractivity contribution in [1.82, 2.24) is 15.3 Å². The number of nitrogens with two attached hydrogens (primary N) is 1. The molecule has 5 heteroatoms. The van der Waals surface area contributed by atoms with Gasteiger partial charge in [-0.05, 0) is 6.42 Å². The largest absolute Gasteiger partial charge is 0.355 e. The minimum Gasteiger partial charge on any atom is -0.355 e. The molecular formula is C9H16N4O. The van der Waals surface area contributed by atoms with Gasteiger partial charge in [0.25, 0.3) is 0 Å². The second-order valence-electron chi connectivity index (χ2n) is 3.18. The van der Waals surface area contributed by atoms with Crippen LogP contribution in [0, 0.1) is 0 Å². The van der Waals surface area contributed by atoms with E-state index in [0.717, 1.165) is 12.1 Å². The van der Waals surface area contributed by atoms with Crippen molar-refractivity contribution >= 4 is 5.91 Å². The van der Waals surface area contributed by atoms with E-state index >= 15 is 0 Å². The highest BCUT2D eigenvalue weighted by Gasteiger charge is 2.13. The molecule has 1 amide bonds. The standard InChI is InChI=1S/C9H16N4O/c1-2-3-12-9(14)8(10)4-7-5-11-6-13-7/h5-6,8H,2-4,10H2,1H3,(H,11,13)(H,12,14)/t8-/m1/s1. The zero-order valence-corrected chi connectivity index (χ0v) is 8.29. The van der Waals surface area contributed by atoms with Gasteiger partial charge in [-0.1, -0.05) is 6.92 Å². The molecule has 1 rings (SSSR count). The lowest BCUT2D eigenvalue weighted by Gasteiger charge is -2.10. The first-order valence-corrected chi connectivity index (χ1v) is 4.74. The van der Waals surface area contributed by atoms with E-state index in [4.69, 9.17) is 5.73 Å². The topological polar surface area (TPSA) is 83.8 Å². The lowest BCUT2D eigenvalue weighted by atomic mass is 10.1. The summed E-state index contributed by atoms with van der Waals surface area (Å²) in [6.07, 6.45) is 4.66. The van der Waals surface area contributed by atoms with Crippen LogP contribution >= 0.6 is 0 Å². The average Bonchev–Trinajstić information content (AvgIpc) is 2.66. The molecule has 0 aliphatic rings. The van der Waals surface area contributed by atoms with Crippen LogP contribution < -0.4 is 11.1 Å². The molecule has 4 N–H and O–H groups in total. The van der Waals surface area contributed by atoms with Gasteiger partial charge in [0.15, 0.2) is 0 Å². The molecule has 1 aromatic rings. The summed E-state index contributed by atoms with van der Waals surface area (Å²) >= 11 is 0. The molecule has 0 aromatic carbocycles. The summed E-state index contributed by atoms with van der Waals surface area (Å²) in [7, 11) is 0. The predicted molar refractivity (Wildman–Crippen MR) is 53.6 cm³/mol. The van der Waals surface area contributed by atoms with Crippen LogP contribution in [0.3, 0.4) is 0 Å². The number of aromatic amines is 1. The van der Waals surface area contributed by atoms with E-state index in [9.17, 15) is 4.79 Å². The molecule has 0 unspecified atom stereocenters. The highest BCUT2D eigenvalue weighted by atomic mass is 16.2. The first-order valence-electron chi connectivity index (χ1n) is 4.74. The van der Waals surface area contributed by atoms with Crippen molar-refractivity contribution in [1.29, 1.82) is 0 Å². The fourth-order valence-corrected chi connectivity index (χ4v) is 1.11. The van der Waals surface area contributed by atoms with Crippen molar-refractivity contribution in [2.75, 3.05) is 6.54 Å². The van der Waals surface area contributed by atoms with E-state index in [1.807, 2.05) is 6.92 Å². The number of nitrogens with zero attached hydrogens (tertiary/aromatic N) is 1. The summed E-state index contributed by atoms with van der Waals surface area (Å²) in [5.74, 6) is -0.110. The third-order valence-corrected chi connectivity index (χ3v) is 1.88. The molecule has 0 aliphatic heterocycles. The molecule has 0 saturated heterocycles. The zero-order chi connectivity index (χ0) is 10.4. The third kappa shape index (κ3) is 3.18. The van der Waals surface area contributed by atoms with Gasteiger partial charge in [0, 0.05) is 24.9 Å². The van der Waals surface area contributed by atoms with Crippen LogP contribution in [0.2, 0.25) is 0 Å². The zero-order valence-electron chi connectivity index (χ0n) is 8.29. The highest BCUT2D eigenvalue weighted by Crippen LogP contribution is 1.96. The number of hydrogen-bond donors (Lipinski definition) is 3. The van der Waals surface area contributed by atoms with Crippen LogP contribution in [0.5, 0.6) is 0 Å². The van der Waals surface area contributed by atoms with E-state index in [0.29, 0.717) is 13.0 Å². The molecule has 0 fully saturated rings. The molecule has 1 atom stereocenters. The number of hydrogen-bond acceptors (Lipinski definition) is 3. The molecule has 0 aliphatic carbocycles. The Bertz CT molecular complexity index is 270. The molecule has 0 radical (unpaired) electrons. The summed E-state index contributed by atoms with van der Waals surface area (Å²) in [6, 6.07) is -0.498. The van der Waals surface area contributed by atoms with Crippen molar-refractivity contribution in [3.05, 3.63) is 18.2 Å². The first kappa shape index (κ1) is 10.7. The van der Waals surface area contributed by atoms with Gasteiger partial charge < -0.3 is 16.0 Å². The third-order valence-electron chi connectivity index (χ3n) is 1.88. The van der Waals surface area contributed by atoms with Crippen LogP contribution in [0.25, 0.3) is 0 Å². The Morgan fingerprint density at radius 3 is 3.14 bits per heavy atom. The SMILES string of the molecule is CCCNC(=O)[C@H](N)Cc1cnc[nH]1. The second kappa shape index (κ2) is 5.39. The summed E-state index contributed by atoms with van der Waals surface area (Å²) in [5, 5.41) is 2.75. The van der Waals surface area contributed by atoms with E-state index in [-0.39, 0.29) is 5.91 Å². The Labute approximate surface area is 83.1 Å². The van der Waals surface area contributed by atoms with Gasteiger partial charge >= 0.3 is 0 Å². The minimum absolute atomic E-state index is 0.110. The van der Waals surface area contributed by atoms with Crippen molar-refractivity contribution in [2.24, 2.45) is 5.73 Å². The number of aromatic nitrogens is 2. The van der Waals surface area contributed by atoms with Gasteiger partial charge in [0.05, 0.1) is 12.4 Å². The number of carbonyl (C=O) groups is 1. The van der Waals surface area contributed by atoms with E-state index in [1.54, 1.807) is 12.5 Å². The van der Waals surface area contributed by atoms with Gasteiger partial charge in [0.1, 0.15) is 0 Å². The van der Waals surface area contributed by atoms with Crippen LogP contribution in [0.15, 0.2) is 12.5 Å². The number of rotatable bonds is 5.